The van der Waals surface area contributed by atoms with Gasteiger partial charge >= 0.3 is 6.09 Å². The van der Waals surface area contributed by atoms with Crippen molar-refractivity contribution >= 4 is 29.9 Å². The summed E-state index contributed by atoms with van der Waals surface area (Å²) < 4.78 is 21.7. The lowest BCUT2D eigenvalue weighted by atomic mass is 10.2. The maximum absolute atomic E-state index is 11.5. The lowest BCUT2D eigenvalue weighted by Gasteiger charge is -2.18. The van der Waals surface area contributed by atoms with Crippen molar-refractivity contribution in [2.45, 2.75) is 33.0 Å². The van der Waals surface area contributed by atoms with Gasteiger partial charge in [-0.05, 0) is 20.8 Å². The van der Waals surface area contributed by atoms with Gasteiger partial charge in [0.25, 0.3) is 0 Å². The molecule has 0 saturated carbocycles. The highest BCUT2D eigenvalue weighted by atomic mass is 32.1. The summed E-state index contributed by atoms with van der Waals surface area (Å²) in [5.74, 6) is 0. The number of hydrogen-bond donors (Lipinski definition) is 1. The van der Waals surface area contributed by atoms with E-state index in [2.05, 4.69) is 10.3 Å². The number of anilines is 1. The van der Waals surface area contributed by atoms with E-state index >= 15 is 0 Å². The van der Waals surface area contributed by atoms with Gasteiger partial charge in [-0.25, -0.2) is 9.78 Å². The highest BCUT2D eigenvalue weighted by Crippen LogP contribution is 2.38. The van der Waals surface area contributed by atoms with E-state index in [1.54, 1.807) is 39.5 Å². The molecular formula is C11H19N2O4PS. The summed E-state index contributed by atoms with van der Waals surface area (Å²) in [5, 5.41) is 4.70. The number of aromatic nitrogens is 1. The van der Waals surface area contributed by atoms with Crippen molar-refractivity contribution in [3.8, 4) is 0 Å². The number of carbonyl (C=O) groups is 1. The highest BCUT2D eigenvalue weighted by molar-refractivity contribution is 7.57. The second-order valence-electron chi connectivity index (χ2n) is 5.30. The molecule has 1 amide bonds. The van der Waals surface area contributed by atoms with Gasteiger partial charge in [0.2, 0.25) is 0 Å². The molecular weight excluding hydrogens is 287 g/mol. The van der Waals surface area contributed by atoms with Crippen molar-refractivity contribution in [3.05, 3.63) is 11.1 Å². The third-order valence-corrected chi connectivity index (χ3v) is 3.24. The zero-order valence-corrected chi connectivity index (χ0v) is 13.4. The molecule has 19 heavy (non-hydrogen) atoms. The van der Waals surface area contributed by atoms with Crippen molar-refractivity contribution in [1.29, 1.82) is 0 Å². The van der Waals surface area contributed by atoms with Crippen LogP contribution in [0.25, 0.3) is 0 Å². The third kappa shape index (κ3) is 7.30. The molecule has 1 rings (SSSR count). The minimum atomic E-state index is -2.52. The van der Waals surface area contributed by atoms with Gasteiger partial charge < -0.3 is 9.26 Å². The van der Waals surface area contributed by atoms with E-state index in [-0.39, 0.29) is 6.61 Å². The molecule has 0 unspecified atom stereocenters. The fourth-order valence-corrected chi connectivity index (χ4v) is 2.17. The Bertz CT molecular complexity index is 489. The van der Waals surface area contributed by atoms with Crippen LogP contribution in [0.2, 0.25) is 0 Å². The molecule has 6 nitrogen and oxygen atoms in total. The molecule has 0 aromatic carbocycles. The van der Waals surface area contributed by atoms with Crippen LogP contribution in [-0.4, -0.2) is 30.0 Å². The first-order valence-corrected chi connectivity index (χ1v) is 9.09. The molecule has 0 bridgehead atoms. The number of ether oxygens (including phenoxy) is 1. The fourth-order valence-electron chi connectivity index (χ4n) is 1.04. The molecule has 0 aliphatic heterocycles. The first kappa shape index (κ1) is 16.1. The first-order chi connectivity index (χ1) is 8.55. The molecule has 1 N–H and O–H groups in total. The summed E-state index contributed by atoms with van der Waals surface area (Å²) in [6.45, 7) is 8.60. The third-order valence-electron chi connectivity index (χ3n) is 1.68. The second-order valence-corrected chi connectivity index (χ2v) is 8.92. The van der Waals surface area contributed by atoms with E-state index in [1.807, 2.05) is 0 Å². The molecule has 8 heteroatoms. The Morgan fingerprint density at radius 3 is 2.63 bits per heavy atom. The average Bonchev–Trinajstić information content (AvgIpc) is 2.58. The Balaban J connectivity index is 2.51. The number of thiazole rings is 1. The summed E-state index contributed by atoms with van der Waals surface area (Å²) in [7, 11) is -2.52. The summed E-state index contributed by atoms with van der Waals surface area (Å²) in [5.41, 5.74) is 0.0737. The summed E-state index contributed by atoms with van der Waals surface area (Å²) >= 11 is 1.26. The average molecular weight is 306 g/mol. The number of rotatable bonds is 4. The lowest BCUT2D eigenvalue weighted by Crippen LogP contribution is -2.27. The van der Waals surface area contributed by atoms with Crippen LogP contribution in [0.15, 0.2) is 5.38 Å². The van der Waals surface area contributed by atoms with Crippen molar-refractivity contribution in [2.24, 2.45) is 0 Å². The van der Waals surface area contributed by atoms with Gasteiger partial charge in [-0.1, -0.05) is 0 Å². The van der Waals surface area contributed by atoms with Gasteiger partial charge in [-0.15, -0.1) is 11.3 Å². The van der Waals surface area contributed by atoms with E-state index in [1.165, 1.54) is 11.3 Å². The summed E-state index contributed by atoms with van der Waals surface area (Å²) in [4.78, 5) is 15.7. The smallest absolute Gasteiger partial charge is 0.413 e. The predicted molar refractivity (Wildman–Crippen MR) is 76.2 cm³/mol. The van der Waals surface area contributed by atoms with Gasteiger partial charge in [-0.3, -0.25) is 9.88 Å². The first-order valence-electron chi connectivity index (χ1n) is 5.69. The van der Waals surface area contributed by atoms with Crippen LogP contribution in [0, 0.1) is 0 Å². The highest BCUT2D eigenvalue weighted by Gasteiger charge is 2.17. The van der Waals surface area contributed by atoms with Gasteiger partial charge in [0.1, 0.15) is 5.60 Å². The van der Waals surface area contributed by atoms with Crippen molar-refractivity contribution in [3.63, 3.8) is 0 Å². The molecule has 0 aliphatic carbocycles. The molecule has 0 radical (unpaired) electrons. The van der Waals surface area contributed by atoms with Gasteiger partial charge in [0, 0.05) is 18.7 Å². The predicted octanol–water partition coefficient (Wildman–Crippen LogP) is 3.54. The number of hydrogen-bond acceptors (Lipinski definition) is 6. The van der Waals surface area contributed by atoms with Crippen LogP contribution in [-0.2, 0) is 20.4 Å². The van der Waals surface area contributed by atoms with Crippen LogP contribution in [0.5, 0.6) is 0 Å². The Morgan fingerprint density at radius 1 is 1.47 bits per heavy atom. The maximum Gasteiger partial charge on any atom is 0.413 e. The van der Waals surface area contributed by atoms with Crippen LogP contribution < -0.4 is 5.32 Å². The number of nitrogens with one attached hydrogen (secondary N) is 1. The maximum atomic E-state index is 11.5. The van der Waals surface area contributed by atoms with E-state index in [4.69, 9.17) is 9.26 Å². The Hall–Kier alpha value is -0.910. The number of amides is 1. The Labute approximate surface area is 117 Å². The summed E-state index contributed by atoms with van der Waals surface area (Å²) in [6, 6.07) is 0. The molecule has 0 fully saturated rings. The monoisotopic (exact) mass is 306 g/mol. The number of carbonyl (C=O) groups excluding carboxylic acids is 1. The Kier molecular flexibility index (Phi) is 5.12. The molecule has 108 valence electrons. The minimum Gasteiger partial charge on any atom is -0.444 e. The summed E-state index contributed by atoms with van der Waals surface area (Å²) in [6.07, 6.45) is -0.550. The molecule has 0 spiro atoms. The Morgan fingerprint density at radius 2 is 2.11 bits per heavy atom. The van der Waals surface area contributed by atoms with Crippen LogP contribution >= 0.6 is 18.7 Å². The molecule has 0 saturated heterocycles. The van der Waals surface area contributed by atoms with E-state index in [0.29, 0.717) is 10.8 Å². The van der Waals surface area contributed by atoms with Gasteiger partial charge in [0.15, 0.2) is 12.5 Å². The molecule has 0 aliphatic rings. The van der Waals surface area contributed by atoms with Crippen molar-refractivity contribution in [1.82, 2.24) is 4.98 Å². The quantitative estimate of drug-likeness (QED) is 0.861. The zero-order chi connectivity index (χ0) is 14.7. The lowest BCUT2D eigenvalue weighted by molar-refractivity contribution is 0.0636. The fraction of sp³-hybridized carbons (Fsp3) is 0.636. The van der Waals surface area contributed by atoms with E-state index in [9.17, 15) is 9.36 Å². The van der Waals surface area contributed by atoms with E-state index in [0.717, 1.165) is 0 Å². The molecule has 0 atom stereocenters. The van der Waals surface area contributed by atoms with Gasteiger partial charge in [-0.2, -0.15) is 0 Å². The van der Waals surface area contributed by atoms with Crippen molar-refractivity contribution in [2.75, 3.05) is 18.6 Å². The number of nitrogens with zero attached hydrogens (tertiary/aromatic N) is 1. The molecule has 1 heterocycles. The SMILES string of the molecule is CC(C)(C)OC(=O)Nc1nc(COP(C)(C)=O)cs1. The largest absolute Gasteiger partial charge is 0.444 e. The van der Waals surface area contributed by atoms with Crippen LogP contribution in [0.4, 0.5) is 9.93 Å². The van der Waals surface area contributed by atoms with Crippen LogP contribution in [0.3, 0.4) is 0 Å². The zero-order valence-electron chi connectivity index (χ0n) is 11.7. The van der Waals surface area contributed by atoms with Gasteiger partial charge in [0.05, 0.1) is 12.3 Å². The minimum absolute atomic E-state index is 0.163. The standard InChI is InChI=1S/C11H19N2O4PS/c1-11(2,3)17-10(14)13-9-12-8(7-19-9)6-16-18(4,5)15/h7H,6H2,1-5H3,(H,12,13,14). The molecule has 1 aromatic heterocycles. The van der Waals surface area contributed by atoms with Crippen LogP contribution in [0.1, 0.15) is 26.5 Å². The molecule has 1 aromatic rings. The van der Waals surface area contributed by atoms with Crippen molar-refractivity contribution < 1.29 is 18.6 Å². The van der Waals surface area contributed by atoms with E-state index < -0.39 is 19.1 Å². The normalized spacial score (nSPS) is 12.3. The second kappa shape index (κ2) is 6.03. The topological polar surface area (TPSA) is 77.5 Å².